The Balaban J connectivity index is 1.79. The van der Waals surface area contributed by atoms with Gasteiger partial charge in [0.1, 0.15) is 0 Å². The van der Waals surface area contributed by atoms with Crippen LogP contribution in [0, 0.1) is 5.41 Å². The van der Waals surface area contributed by atoms with E-state index in [4.69, 9.17) is 0 Å². The van der Waals surface area contributed by atoms with Crippen molar-refractivity contribution in [3.8, 4) is 0 Å². The maximum absolute atomic E-state index is 12.2. The normalized spacial score (nSPS) is 26.7. The first kappa shape index (κ1) is 13.6. The molecule has 20 heavy (non-hydrogen) atoms. The number of hydrogen-bond donors (Lipinski definition) is 1. The zero-order chi connectivity index (χ0) is 14.3. The Morgan fingerprint density at radius 2 is 2.10 bits per heavy atom. The average Bonchev–Trinajstić information content (AvgIpc) is 3.04. The molecule has 1 unspecified atom stereocenters. The van der Waals surface area contributed by atoms with Crippen LogP contribution in [0.1, 0.15) is 18.4 Å². The van der Waals surface area contributed by atoms with E-state index in [2.05, 4.69) is 10.2 Å². The van der Waals surface area contributed by atoms with Crippen LogP contribution in [0.5, 0.6) is 0 Å². The van der Waals surface area contributed by atoms with Gasteiger partial charge in [0.05, 0.1) is 0 Å². The van der Waals surface area contributed by atoms with E-state index in [0.29, 0.717) is 17.5 Å². The van der Waals surface area contributed by atoms with Gasteiger partial charge in [-0.1, -0.05) is 0 Å². The van der Waals surface area contributed by atoms with Gasteiger partial charge in [0.25, 0.3) is 5.56 Å². The third-order valence-corrected chi connectivity index (χ3v) is 4.76. The summed E-state index contributed by atoms with van der Waals surface area (Å²) in [5.74, 6) is 0. The molecule has 2 saturated heterocycles. The van der Waals surface area contributed by atoms with Crippen molar-refractivity contribution in [1.29, 1.82) is 0 Å². The van der Waals surface area contributed by atoms with Gasteiger partial charge >= 0.3 is 5.69 Å². The second kappa shape index (κ2) is 4.86. The molecule has 0 radical (unpaired) electrons. The third kappa shape index (κ3) is 2.23. The topological polar surface area (TPSA) is 59.3 Å². The monoisotopic (exact) mass is 278 g/mol. The summed E-state index contributed by atoms with van der Waals surface area (Å²) in [6, 6.07) is 0. The molecule has 2 fully saturated rings. The van der Waals surface area contributed by atoms with Crippen LogP contribution < -0.4 is 16.6 Å². The van der Waals surface area contributed by atoms with E-state index in [9.17, 15) is 9.59 Å². The van der Waals surface area contributed by atoms with E-state index in [-0.39, 0.29) is 11.2 Å². The lowest BCUT2D eigenvalue weighted by molar-refractivity contribution is 0.267. The minimum Gasteiger partial charge on any atom is -0.316 e. The van der Waals surface area contributed by atoms with Gasteiger partial charge in [0, 0.05) is 45.5 Å². The first-order valence-electron chi connectivity index (χ1n) is 7.19. The highest BCUT2D eigenvalue weighted by molar-refractivity contribution is 5.07. The predicted molar refractivity (Wildman–Crippen MR) is 76.7 cm³/mol. The predicted octanol–water partition coefficient (Wildman–Crippen LogP) is -0.731. The van der Waals surface area contributed by atoms with Gasteiger partial charge in [-0.15, -0.1) is 0 Å². The summed E-state index contributed by atoms with van der Waals surface area (Å²) in [5, 5.41) is 3.44. The second-order valence-electron chi connectivity index (χ2n) is 6.30. The molecule has 1 spiro atoms. The Kier molecular flexibility index (Phi) is 3.30. The highest BCUT2D eigenvalue weighted by atomic mass is 16.2. The zero-order valence-corrected chi connectivity index (χ0v) is 12.2. The fourth-order valence-electron chi connectivity index (χ4n) is 3.54. The van der Waals surface area contributed by atoms with Crippen LogP contribution in [0.15, 0.2) is 15.8 Å². The number of aromatic nitrogens is 2. The number of nitrogens with zero attached hydrogens (tertiary/aromatic N) is 3. The molecule has 6 nitrogen and oxygen atoms in total. The standard InChI is InChI=1S/C14H22N4O2/c1-16-7-11(12(19)17(2)13(16)20)8-18-6-4-14(10-18)3-5-15-9-14/h7,15H,3-6,8-10H2,1-2H3. The van der Waals surface area contributed by atoms with Crippen molar-refractivity contribution >= 4 is 0 Å². The maximum atomic E-state index is 12.2. The van der Waals surface area contributed by atoms with Gasteiger partial charge in [-0.25, -0.2) is 4.79 Å². The van der Waals surface area contributed by atoms with Crippen LogP contribution in [0.25, 0.3) is 0 Å². The third-order valence-electron chi connectivity index (χ3n) is 4.76. The van der Waals surface area contributed by atoms with Crippen LogP contribution in [-0.2, 0) is 20.6 Å². The minimum absolute atomic E-state index is 0.168. The maximum Gasteiger partial charge on any atom is 0.330 e. The fourth-order valence-corrected chi connectivity index (χ4v) is 3.54. The van der Waals surface area contributed by atoms with Crippen molar-refractivity contribution in [1.82, 2.24) is 19.4 Å². The van der Waals surface area contributed by atoms with E-state index in [1.54, 1.807) is 20.3 Å². The molecule has 3 heterocycles. The summed E-state index contributed by atoms with van der Waals surface area (Å²) in [4.78, 5) is 26.2. The van der Waals surface area contributed by atoms with Gasteiger partial charge < -0.3 is 9.88 Å². The van der Waals surface area contributed by atoms with Crippen molar-refractivity contribution in [2.45, 2.75) is 19.4 Å². The number of nitrogens with one attached hydrogen (secondary N) is 1. The summed E-state index contributed by atoms with van der Waals surface area (Å²) >= 11 is 0. The smallest absolute Gasteiger partial charge is 0.316 e. The molecule has 1 aromatic heterocycles. The molecule has 0 aromatic carbocycles. The van der Waals surface area contributed by atoms with Gasteiger partial charge in [0.15, 0.2) is 0 Å². The largest absolute Gasteiger partial charge is 0.330 e. The highest BCUT2D eigenvalue weighted by Gasteiger charge is 2.40. The molecular formula is C14H22N4O2. The Hall–Kier alpha value is -1.40. The van der Waals surface area contributed by atoms with E-state index >= 15 is 0 Å². The second-order valence-corrected chi connectivity index (χ2v) is 6.30. The Labute approximate surface area is 118 Å². The molecule has 1 aromatic rings. The van der Waals surface area contributed by atoms with Crippen LogP contribution in [-0.4, -0.2) is 40.2 Å². The number of likely N-dealkylation sites (tertiary alicyclic amines) is 1. The first-order chi connectivity index (χ1) is 9.51. The minimum atomic E-state index is -0.267. The van der Waals surface area contributed by atoms with Crippen LogP contribution >= 0.6 is 0 Å². The Morgan fingerprint density at radius 1 is 1.30 bits per heavy atom. The molecule has 1 atom stereocenters. The Bertz CT molecular complexity index is 625. The SMILES string of the molecule is Cn1cc(CN2CCC3(CCNC3)C2)c(=O)n(C)c1=O. The van der Waals surface area contributed by atoms with Crippen molar-refractivity contribution in [3.63, 3.8) is 0 Å². The quantitative estimate of drug-likeness (QED) is 0.775. The molecule has 0 aliphatic carbocycles. The van der Waals surface area contributed by atoms with E-state index in [0.717, 1.165) is 26.2 Å². The summed E-state index contributed by atoms with van der Waals surface area (Å²) in [5.41, 5.74) is 0.680. The van der Waals surface area contributed by atoms with Crippen molar-refractivity contribution in [3.05, 3.63) is 32.6 Å². The lowest BCUT2D eigenvalue weighted by Gasteiger charge is -2.22. The molecule has 110 valence electrons. The number of hydrogen-bond acceptors (Lipinski definition) is 4. The molecular weight excluding hydrogens is 256 g/mol. The average molecular weight is 278 g/mol. The van der Waals surface area contributed by atoms with Crippen molar-refractivity contribution < 1.29 is 0 Å². The molecule has 2 aliphatic rings. The van der Waals surface area contributed by atoms with Crippen LogP contribution in [0.3, 0.4) is 0 Å². The molecule has 0 saturated carbocycles. The molecule has 2 aliphatic heterocycles. The first-order valence-corrected chi connectivity index (χ1v) is 7.19. The highest BCUT2D eigenvalue weighted by Crippen LogP contribution is 2.36. The lowest BCUT2D eigenvalue weighted by atomic mass is 9.87. The van der Waals surface area contributed by atoms with E-state index in [1.165, 1.54) is 22.0 Å². The fraction of sp³-hybridized carbons (Fsp3) is 0.714. The lowest BCUT2D eigenvalue weighted by Crippen LogP contribution is -2.40. The molecule has 0 bridgehead atoms. The van der Waals surface area contributed by atoms with Crippen molar-refractivity contribution in [2.24, 2.45) is 19.5 Å². The van der Waals surface area contributed by atoms with Crippen LogP contribution in [0.4, 0.5) is 0 Å². The molecule has 3 rings (SSSR count). The summed E-state index contributed by atoms with van der Waals surface area (Å²) in [7, 11) is 3.23. The molecule has 0 amide bonds. The summed E-state index contributed by atoms with van der Waals surface area (Å²) in [6.07, 6.45) is 4.11. The van der Waals surface area contributed by atoms with Crippen molar-refractivity contribution in [2.75, 3.05) is 26.2 Å². The van der Waals surface area contributed by atoms with E-state index in [1.807, 2.05) is 0 Å². The van der Waals surface area contributed by atoms with Gasteiger partial charge in [-0.2, -0.15) is 0 Å². The molecule has 6 heteroatoms. The van der Waals surface area contributed by atoms with Gasteiger partial charge in [-0.3, -0.25) is 14.3 Å². The molecule has 1 N–H and O–H groups in total. The number of aryl methyl sites for hydroxylation is 1. The zero-order valence-electron chi connectivity index (χ0n) is 12.2. The summed E-state index contributed by atoms with van der Waals surface area (Å²) < 4.78 is 2.68. The van der Waals surface area contributed by atoms with E-state index < -0.39 is 0 Å². The summed E-state index contributed by atoms with van der Waals surface area (Å²) in [6.45, 7) is 4.92. The van der Waals surface area contributed by atoms with Gasteiger partial charge in [0.2, 0.25) is 0 Å². The van der Waals surface area contributed by atoms with Gasteiger partial charge in [-0.05, 0) is 31.3 Å². The Morgan fingerprint density at radius 3 is 2.80 bits per heavy atom. The van der Waals surface area contributed by atoms with Crippen LogP contribution in [0.2, 0.25) is 0 Å². The number of rotatable bonds is 2.